The highest BCUT2D eigenvalue weighted by Gasteiger charge is 2.21. The molecule has 0 aromatic heterocycles. The van der Waals surface area contributed by atoms with Crippen molar-refractivity contribution in [2.45, 2.75) is 51.5 Å². The lowest BCUT2D eigenvalue weighted by Crippen LogP contribution is -2.37. The molecule has 2 heterocycles. The highest BCUT2D eigenvalue weighted by molar-refractivity contribution is 4.78. The Morgan fingerprint density at radius 1 is 1.27 bits per heavy atom. The van der Waals surface area contributed by atoms with Crippen molar-refractivity contribution in [1.82, 2.24) is 10.2 Å². The summed E-state index contributed by atoms with van der Waals surface area (Å²) < 4.78 is 0. The second-order valence-corrected chi connectivity index (χ2v) is 5.30. The summed E-state index contributed by atoms with van der Waals surface area (Å²) in [5.41, 5.74) is 0. The first-order chi connectivity index (χ1) is 7.38. The van der Waals surface area contributed by atoms with Crippen molar-refractivity contribution in [1.29, 1.82) is 0 Å². The zero-order valence-corrected chi connectivity index (χ0v) is 10.2. The van der Waals surface area contributed by atoms with E-state index in [9.17, 15) is 0 Å². The Labute approximate surface area is 94.4 Å². The van der Waals surface area contributed by atoms with Crippen LogP contribution >= 0.6 is 0 Å². The molecule has 2 heteroatoms. The van der Waals surface area contributed by atoms with Crippen LogP contribution in [0.1, 0.15) is 45.4 Å². The molecule has 2 aliphatic heterocycles. The van der Waals surface area contributed by atoms with Gasteiger partial charge in [0.2, 0.25) is 0 Å². The predicted octanol–water partition coefficient (Wildman–Crippen LogP) is 2.25. The molecule has 15 heavy (non-hydrogen) atoms. The molecule has 0 spiro atoms. The molecule has 2 aliphatic rings. The first-order valence-electron chi connectivity index (χ1n) is 6.84. The third-order valence-electron chi connectivity index (χ3n) is 4.15. The molecule has 0 aromatic carbocycles. The van der Waals surface area contributed by atoms with Gasteiger partial charge in [-0.1, -0.05) is 19.8 Å². The van der Waals surface area contributed by atoms with Crippen LogP contribution in [0.3, 0.4) is 0 Å². The van der Waals surface area contributed by atoms with Crippen LogP contribution in [0, 0.1) is 5.92 Å². The molecule has 0 saturated carbocycles. The minimum atomic E-state index is 0.819. The SMILES string of the molecule is CCC1CCN(CCC2CCCCN2)C1. The van der Waals surface area contributed by atoms with Crippen LogP contribution in [-0.2, 0) is 0 Å². The Morgan fingerprint density at radius 2 is 2.20 bits per heavy atom. The van der Waals surface area contributed by atoms with Crippen LogP contribution < -0.4 is 5.32 Å². The molecule has 0 aromatic rings. The summed E-state index contributed by atoms with van der Waals surface area (Å²) >= 11 is 0. The Balaban J connectivity index is 1.61. The largest absolute Gasteiger partial charge is 0.314 e. The molecule has 88 valence electrons. The standard InChI is InChI=1S/C13H26N2/c1-2-12-6-9-15(11-12)10-7-13-5-3-4-8-14-13/h12-14H,2-11H2,1H3. The summed E-state index contributed by atoms with van der Waals surface area (Å²) in [5.74, 6) is 0.990. The van der Waals surface area contributed by atoms with Crippen LogP contribution in [0.15, 0.2) is 0 Å². The molecule has 2 fully saturated rings. The van der Waals surface area contributed by atoms with E-state index in [1.165, 1.54) is 64.7 Å². The Bertz CT molecular complexity index is 175. The van der Waals surface area contributed by atoms with Crippen LogP contribution in [0.2, 0.25) is 0 Å². The minimum Gasteiger partial charge on any atom is -0.314 e. The molecule has 2 rings (SSSR count). The third-order valence-corrected chi connectivity index (χ3v) is 4.15. The maximum atomic E-state index is 3.64. The smallest absolute Gasteiger partial charge is 0.00792 e. The number of likely N-dealkylation sites (tertiary alicyclic amines) is 1. The van der Waals surface area contributed by atoms with E-state index >= 15 is 0 Å². The molecule has 1 N–H and O–H groups in total. The average molecular weight is 210 g/mol. The van der Waals surface area contributed by atoms with E-state index in [1.807, 2.05) is 0 Å². The number of rotatable bonds is 4. The first-order valence-corrected chi connectivity index (χ1v) is 6.84. The van der Waals surface area contributed by atoms with Gasteiger partial charge in [0.25, 0.3) is 0 Å². The molecular formula is C13H26N2. The fourth-order valence-electron chi connectivity index (χ4n) is 2.96. The Kier molecular flexibility index (Phi) is 4.45. The minimum absolute atomic E-state index is 0.819. The van der Waals surface area contributed by atoms with Gasteiger partial charge in [0.1, 0.15) is 0 Å². The van der Waals surface area contributed by atoms with Crippen LogP contribution in [0.4, 0.5) is 0 Å². The van der Waals surface area contributed by atoms with Gasteiger partial charge in [0.15, 0.2) is 0 Å². The van der Waals surface area contributed by atoms with Gasteiger partial charge in [-0.05, 0) is 51.2 Å². The molecule has 0 aliphatic carbocycles. The normalized spacial score (nSPS) is 33.4. The molecule has 0 bridgehead atoms. The summed E-state index contributed by atoms with van der Waals surface area (Å²) in [6.45, 7) is 7.63. The lowest BCUT2D eigenvalue weighted by molar-refractivity contribution is 0.280. The maximum absolute atomic E-state index is 3.64. The van der Waals surface area contributed by atoms with Crippen molar-refractivity contribution in [2.75, 3.05) is 26.2 Å². The van der Waals surface area contributed by atoms with Crippen molar-refractivity contribution in [3.05, 3.63) is 0 Å². The van der Waals surface area contributed by atoms with Crippen molar-refractivity contribution in [3.63, 3.8) is 0 Å². The van der Waals surface area contributed by atoms with E-state index in [-0.39, 0.29) is 0 Å². The summed E-state index contributed by atoms with van der Waals surface area (Å²) in [6.07, 6.45) is 8.42. The maximum Gasteiger partial charge on any atom is 0.00792 e. The van der Waals surface area contributed by atoms with Gasteiger partial charge < -0.3 is 10.2 Å². The third kappa shape index (κ3) is 3.46. The van der Waals surface area contributed by atoms with Gasteiger partial charge >= 0.3 is 0 Å². The van der Waals surface area contributed by atoms with Crippen molar-refractivity contribution < 1.29 is 0 Å². The number of piperidine rings is 1. The first kappa shape index (κ1) is 11.4. The van der Waals surface area contributed by atoms with Crippen molar-refractivity contribution >= 4 is 0 Å². The molecule has 0 radical (unpaired) electrons. The number of nitrogens with one attached hydrogen (secondary N) is 1. The fraction of sp³-hybridized carbons (Fsp3) is 1.00. The second kappa shape index (κ2) is 5.86. The average Bonchev–Trinajstić information content (AvgIpc) is 2.76. The van der Waals surface area contributed by atoms with E-state index in [0.29, 0.717) is 0 Å². The number of hydrogen-bond acceptors (Lipinski definition) is 2. The van der Waals surface area contributed by atoms with Crippen LogP contribution in [0.5, 0.6) is 0 Å². The van der Waals surface area contributed by atoms with Crippen LogP contribution in [0.25, 0.3) is 0 Å². The highest BCUT2D eigenvalue weighted by atomic mass is 15.1. The topological polar surface area (TPSA) is 15.3 Å². The van der Waals surface area contributed by atoms with E-state index in [1.54, 1.807) is 0 Å². The van der Waals surface area contributed by atoms with Crippen molar-refractivity contribution in [3.8, 4) is 0 Å². The lowest BCUT2D eigenvalue weighted by atomic mass is 10.0. The highest BCUT2D eigenvalue weighted by Crippen LogP contribution is 2.20. The molecular weight excluding hydrogens is 184 g/mol. The van der Waals surface area contributed by atoms with Crippen LogP contribution in [-0.4, -0.2) is 37.1 Å². The Hall–Kier alpha value is -0.0800. The lowest BCUT2D eigenvalue weighted by Gasteiger charge is -2.25. The zero-order valence-electron chi connectivity index (χ0n) is 10.2. The van der Waals surface area contributed by atoms with E-state index in [2.05, 4.69) is 17.1 Å². The van der Waals surface area contributed by atoms with Crippen molar-refractivity contribution in [2.24, 2.45) is 5.92 Å². The quantitative estimate of drug-likeness (QED) is 0.765. The molecule has 2 unspecified atom stereocenters. The predicted molar refractivity (Wildman–Crippen MR) is 65.1 cm³/mol. The summed E-state index contributed by atoms with van der Waals surface area (Å²) in [6, 6.07) is 0.819. The van der Waals surface area contributed by atoms with Gasteiger partial charge in [0.05, 0.1) is 0 Å². The number of nitrogens with zero attached hydrogens (tertiary/aromatic N) is 1. The molecule has 0 amide bonds. The van der Waals surface area contributed by atoms with Gasteiger partial charge in [-0.3, -0.25) is 0 Å². The van der Waals surface area contributed by atoms with E-state index < -0.39 is 0 Å². The number of hydrogen-bond donors (Lipinski definition) is 1. The second-order valence-electron chi connectivity index (χ2n) is 5.30. The van der Waals surface area contributed by atoms with Gasteiger partial charge in [-0.25, -0.2) is 0 Å². The monoisotopic (exact) mass is 210 g/mol. The van der Waals surface area contributed by atoms with Gasteiger partial charge in [0, 0.05) is 12.6 Å². The molecule has 2 atom stereocenters. The Morgan fingerprint density at radius 3 is 2.87 bits per heavy atom. The molecule has 2 nitrogen and oxygen atoms in total. The molecule has 2 saturated heterocycles. The van der Waals surface area contributed by atoms with Gasteiger partial charge in [-0.15, -0.1) is 0 Å². The summed E-state index contributed by atoms with van der Waals surface area (Å²) in [5, 5.41) is 3.64. The summed E-state index contributed by atoms with van der Waals surface area (Å²) in [7, 11) is 0. The van der Waals surface area contributed by atoms with Gasteiger partial charge in [-0.2, -0.15) is 0 Å². The zero-order chi connectivity index (χ0) is 10.5. The van der Waals surface area contributed by atoms with E-state index in [4.69, 9.17) is 0 Å². The summed E-state index contributed by atoms with van der Waals surface area (Å²) in [4.78, 5) is 2.67. The van der Waals surface area contributed by atoms with E-state index in [0.717, 1.165) is 12.0 Å². The fourth-order valence-corrected chi connectivity index (χ4v) is 2.96.